The molecule has 1 aromatic heterocycles. The third-order valence-corrected chi connectivity index (χ3v) is 4.03. The molecule has 1 N–H and O–H groups in total. The van der Waals surface area contributed by atoms with Gasteiger partial charge in [-0.2, -0.15) is 0 Å². The number of benzene rings is 2. The van der Waals surface area contributed by atoms with Crippen LogP contribution in [0.5, 0.6) is 0 Å². The van der Waals surface area contributed by atoms with E-state index in [2.05, 4.69) is 15.3 Å². The molecule has 0 radical (unpaired) electrons. The van der Waals surface area contributed by atoms with Crippen LogP contribution in [-0.4, -0.2) is 27.9 Å². The molecule has 3 rings (SSSR count). The fourth-order valence-electron chi connectivity index (χ4n) is 2.60. The van der Waals surface area contributed by atoms with E-state index in [0.29, 0.717) is 23.1 Å². The van der Waals surface area contributed by atoms with Crippen molar-refractivity contribution in [2.75, 3.05) is 5.32 Å². The Bertz CT molecular complexity index is 950. The van der Waals surface area contributed by atoms with Crippen molar-refractivity contribution in [3.63, 3.8) is 0 Å². The van der Waals surface area contributed by atoms with Crippen LogP contribution in [0.3, 0.4) is 0 Å². The molecule has 1 atom stereocenters. The van der Waals surface area contributed by atoms with Crippen LogP contribution in [0.4, 0.5) is 5.69 Å². The lowest BCUT2D eigenvalue weighted by molar-refractivity contribution is -0.124. The highest BCUT2D eigenvalue weighted by molar-refractivity contribution is 6.03. The van der Waals surface area contributed by atoms with Gasteiger partial charge in [0.15, 0.2) is 6.10 Å². The van der Waals surface area contributed by atoms with E-state index in [9.17, 15) is 9.59 Å². The van der Waals surface area contributed by atoms with Crippen molar-refractivity contribution in [2.45, 2.75) is 26.4 Å². The first-order chi connectivity index (χ1) is 12.6. The van der Waals surface area contributed by atoms with E-state index in [1.807, 2.05) is 31.2 Å². The Balaban J connectivity index is 1.78. The molecule has 0 aliphatic rings. The van der Waals surface area contributed by atoms with Crippen LogP contribution in [0.15, 0.2) is 54.9 Å². The van der Waals surface area contributed by atoms with Gasteiger partial charge in [0.1, 0.15) is 5.52 Å². The molecule has 0 saturated carbocycles. The first-order valence-corrected chi connectivity index (χ1v) is 8.37. The minimum absolute atomic E-state index is 0.290. The maximum absolute atomic E-state index is 12.6. The number of aryl methyl sites for hydroxylation is 1. The quantitative estimate of drug-likeness (QED) is 0.713. The normalized spacial score (nSPS) is 11.8. The van der Waals surface area contributed by atoms with Crippen molar-refractivity contribution in [1.82, 2.24) is 9.97 Å². The van der Waals surface area contributed by atoms with Gasteiger partial charge in [0, 0.05) is 18.1 Å². The van der Waals surface area contributed by atoms with Crippen LogP contribution in [0.25, 0.3) is 11.0 Å². The summed E-state index contributed by atoms with van der Waals surface area (Å²) in [5, 5.41) is 2.81. The monoisotopic (exact) mass is 349 g/mol. The standard InChI is InChI=1S/C20H19N3O3/c1-3-17(19(24)23-15-9-5-4-7-13(15)2)26-20(25)14-8-6-10-16-18(14)22-12-11-21-16/h4-12,17H,3H2,1-2H3,(H,23,24). The smallest absolute Gasteiger partial charge is 0.341 e. The predicted octanol–water partition coefficient (Wildman–Crippen LogP) is 3.51. The summed E-state index contributed by atoms with van der Waals surface area (Å²) < 4.78 is 5.45. The highest BCUT2D eigenvalue weighted by Crippen LogP contribution is 2.18. The summed E-state index contributed by atoms with van der Waals surface area (Å²) in [4.78, 5) is 33.5. The van der Waals surface area contributed by atoms with Gasteiger partial charge in [-0.05, 0) is 37.1 Å². The van der Waals surface area contributed by atoms with E-state index >= 15 is 0 Å². The Kier molecular flexibility index (Phi) is 5.22. The molecule has 2 aromatic carbocycles. The molecule has 1 unspecified atom stereocenters. The molecule has 0 spiro atoms. The molecular weight excluding hydrogens is 330 g/mol. The number of carbonyl (C=O) groups excluding carboxylic acids is 2. The lowest BCUT2D eigenvalue weighted by atomic mass is 10.1. The SMILES string of the molecule is CCC(OC(=O)c1cccc2nccnc12)C(=O)Nc1ccccc1C. The second kappa shape index (κ2) is 7.74. The molecule has 26 heavy (non-hydrogen) atoms. The number of hydrogen-bond acceptors (Lipinski definition) is 5. The van der Waals surface area contributed by atoms with E-state index in [1.165, 1.54) is 6.20 Å². The zero-order valence-corrected chi connectivity index (χ0v) is 14.6. The van der Waals surface area contributed by atoms with Crippen LogP contribution in [0, 0.1) is 6.92 Å². The van der Waals surface area contributed by atoms with E-state index in [0.717, 1.165) is 5.56 Å². The summed E-state index contributed by atoms with van der Waals surface area (Å²) in [6.07, 6.45) is 2.54. The number of esters is 1. The average molecular weight is 349 g/mol. The Morgan fingerprint density at radius 3 is 2.62 bits per heavy atom. The van der Waals surface area contributed by atoms with Gasteiger partial charge in [-0.1, -0.05) is 31.2 Å². The van der Waals surface area contributed by atoms with Crippen molar-refractivity contribution in [3.05, 3.63) is 66.0 Å². The highest BCUT2D eigenvalue weighted by atomic mass is 16.5. The summed E-state index contributed by atoms with van der Waals surface area (Å²) in [5.74, 6) is -0.954. The Hall–Kier alpha value is -3.28. The third-order valence-electron chi connectivity index (χ3n) is 4.03. The van der Waals surface area contributed by atoms with Gasteiger partial charge >= 0.3 is 5.97 Å². The van der Waals surface area contributed by atoms with Crippen molar-refractivity contribution < 1.29 is 14.3 Å². The number of fused-ring (bicyclic) bond motifs is 1. The molecule has 6 heteroatoms. The number of hydrogen-bond donors (Lipinski definition) is 1. The third kappa shape index (κ3) is 3.69. The number of anilines is 1. The van der Waals surface area contributed by atoms with E-state index in [1.54, 1.807) is 31.3 Å². The number of carbonyl (C=O) groups is 2. The number of rotatable bonds is 5. The van der Waals surface area contributed by atoms with Gasteiger partial charge in [-0.25, -0.2) is 4.79 Å². The number of amides is 1. The molecule has 3 aromatic rings. The summed E-state index contributed by atoms with van der Waals surface area (Å²) in [5.41, 5.74) is 2.97. The number of nitrogens with zero attached hydrogens (tertiary/aromatic N) is 2. The topological polar surface area (TPSA) is 81.2 Å². The molecule has 0 aliphatic carbocycles. The van der Waals surface area contributed by atoms with Crippen LogP contribution in [0.1, 0.15) is 29.3 Å². The minimum atomic E-state index is -0.894. The van der Waals surface area contributed by atoms with Crippen molar-refractivity contribution >= 4 is 28.6 Å². The fraction of sp³-hybridized carbons (Fsp3) is 0.200. The molecule has 0 saturated heterocycles. The largest absolute Gasteiger partial charge is 0.449 e. The Morgan fingerprint density at radius 2 is 1.85 bits per heavy atom. The van der Waals surface area contributed by atoms with Crippen LogP contribution in [-0.2, 0) is 9.53 Å². The Labute approximate surface area is 151 Å². The lowest BCUT2D eigenvalue weighted by Gasteiger charge is -2.17. The molecule has 1 amide bonds. The number of nitrogens with one attached hydrogen (secondary N) is 1. The molecule has 6 nitrogen and oxygen atoms in total. The zero-order valence-electron chi connectivity index (χ0n) is 14.6. The van der Waals surface area contributed by atoms with Crippen molar-refractivity contribution in [2.24, 2.45) is 0 Å². The maximum atomic E-state index is 12.6. The summed E-state index contributed by atoms with van der Waals surface area (Å²) in [6.45, 7) is 3.69. The van der Waals surface area contributed by atoms with E-state index in [-0.39, 0.29) is 11.5 Å². The van der Waals surface area contributed by atoms with Gasteiger partial charge in [0.25, 0.3) is 5.91 Å². The molecule has 0 bridgehead atoms. The molecule has 0 fully saturated rings. The highest BCUT2D eigenvalue weighted by Gasteiger charge is 2.23. The van der Waals surface area contributed by atoms with E-state index < -0.39 is 12.1 Å². The summed E-state index contributed by atoms with van der Waals surface area (Å²) in [6, 6.07) is 12.5. The van der Waals surface area contributed by atoms with Crippen LogP contribution in [0.2, 0.25) is 0 Å². The second-order valence-corrected chi connectivity index (χ2v) is 5.84. The first-order valence-electron chi connectivity index (χ1n) is 8.37. The number of para-hydroxylation sites is 2. The summed E-state index contributed by atoms with van der Waals surface area (Å²) in [7, 11) is 0. The first kappa shape index (κ1) is 17.5. The van der Waals surface area contributed by atoms with Crippen molar-refractivity contribution in [1.29, 1.82) is 0 Å². The zero-order chi connectivity index (χ0) is 18.5. The number of aromatic nitrogens is 2. The van der Waals surface area contributed by atoms with Crippen molar-refractivity contribution in [3.8, 4) is 0 Å². The second-order valence-electron chi connectivity index (χ2n) is 5.84. The number of ether oxygens (including phenoxy) is 1. The summed E-state index contributed by atoms with van der Waals surface area (Å²) >= 11 is 0. The maximum Gasteiger partial charge on any atom is 0.341 e. The van der Waals surface area contributed by atoms with Gasteiger partial charge in [-0.3, -0.25) is 14.8 Å². The van der Waals surface area contributed by atoms with Gasteiger partial charge in [0.2, 0.25) is 0 Å². The van der Waals surface area contributed by atoms with Gasteiger partial charge in [-0.15, -0.1) is 0 Å². The minimum Gasteiger partial charge on any atom is -0.449 e. The molecular formula is C20H19N3O3. The Morgan fingerprint density at radius 1 is 1.08 bits per heavy atom. The molecule has 132 valence electrons. The average Bonchev–Trinajstić information content (AvgIpc) is 2.67. The molecule has 1 heterocycles. The lowest BCUT2D eigenvalue weighted by Crippen LogP contribution is -2.32. The van der Waals surface area contributed by atoms with E-state index in [4.69, 9.17) is 4.74 Å². The fourth-order valence-corrected chi connectivity index (χ4v) is 2.60. The van der Waals surface area contributed by atoms with Gasteiger partial charge < -0.3 is 10.1 Å². The molecule has 0 aliphatic heterocycles. The van der Waals surface area contributed by atoms with Crippen LogP contribution >= 0.6 is 0 Å². The van der Waals surface area contributed by atoms with Gasteiger partial charge in [0.05, 0.1) is 11.1 Å². The predicted molar refractivity (Wildman–Crippen MR) is 98.8 cm³/mol. The van der Waals surface area contributed by atoms with Crippen LogP contribution < -0.4 is 5.32 Å².